The van der Waals surface area contributed by atoms with E-state index in [4.69, 9.17) is 5.26 Å². The molecule has 1 fully saturated rings. The number of carbonyl (C=O) groups excluding carboxylic acids is 1. The molecule has 1 aliphatic heterocycles. The van der Waals surface area contributed by atoms with Gasteiger partial charge in [0.05, 0.1) is 17.7 Å². The van der Waals surface area contributed by atoms with Gasteiger partial charge in [-0.05, 0) is 44.0 Å². The highest BCUT2D eigenvalue weighted by Gasteiger charge is 2.24. The second-order valence-corrected chi connectivity index (χ2v) is 7.31. The Morgan fingerprint density at radius 3 is 2.68 bits per heavy atom. The van der Waals surface area contributed by atoms with Crippen molar-refractivity contribution >= 4 is 21.6 Å². The number of hydrogen-bond acceptors (Lipinski definition) is 4. The van der Waals surface area contributed by atoms with Crippen molar-refractivity contribution in [2.24, 2.45) is 5.92 Å². The monoisotopic (exact) mass is 321 g/mol. The largest absolute Gasteiger partial charge is 0.337 e. The van der Waals surface area contributed by atoms with E-state index >= 15 is 0 Å². The first-order chi connectivity index (χ1) is 10.4. The van der Waals surface area contributed by atoms with Gasteiger partial charge in [0.25, 0.3) is 5.91 Å². The maximum Gasteiger partial charge on any atom is 0.253 e. The fourth-order valence-corrected chi connectivity index (χ4v) is 3.02. The predicted octanol–water partition coefficient (Wildman–Crippen LogP) is 1.82. The average molecular weight is 321 g/mol. The predicted molar refractivity (Wildman–Crippen MR) is 83.8 cm³/mol. The average Bonchev–Trinajstić information content (AvgIpc) is 2.54. The van der Waals surface area contributed by atoms with Crippen LogP contribution in [-0.2, 0) is 10.0 Å². The number of nitriles is 1. The van der Waals surface area contributed by atoms with Gasteiger partial charge in [-0.3, -0.25) is 9.52 Å². The summed E-state index contributed by atoms with van der Waals surface area (Å²) in [4.78, 5) is 14.1. The van der Waals surface area contributed by atoms with Crippen molar-refractivity contribution < 1.29 is 13.2 Å². The molecule has 0 spiro atoms. The van der Waals surface area contributed by atoms with Crippen LogP contribution in [0, 0.1) is 17.2 Å². The molecule has 0 aromatic heterocycles. The molecule has 1 saturated heterocycles. The molecule has 0 bridgehead atoms. The quantitative estimate of drug-likeness (QED) is 0.916. The minimum absolute atomic E-state index is 0.00297. The maximum atomic E-state index is 12.4. The number of sulfonamides is 1. The van der Waals surface area contributed by atoms with E-state index in [0.717, 1.165) is 12.8 Å². The van der Waals surface area contributed by atoms with Crippen LogP contribution in [0.25, 0.3) is 0 Å². The van der Waals surface area contributed by atoms with E-state index in [1.165, 1.54) is 0 Å². The third-order valence-corrected chi connectivity index (χ3v) is 4.98. The first kappa shape index (κ1) is 16.3. The molecular formula is C15H19N3O3S. The van der Waals surface area contributed by atoms with Crippen LogP contribution in [-0.4, -0.2) is 38.1 Å². The topological polar surface area (TPSA) is 90.3 Å². The minimum Gasteiger partial charge on any atom is -0.337 e. The zero-order chi connectivity index (χ0) is 16.2. The lowest BCUT2D eigenvalue weighted by molar-refractivity contribution is 0.0699. The summed E-state index contributed by atoms with van der Waals surface area (Å²) in [5, 5.41) is 8.98. The summed E-state index contributed by atoms with van der Waals surface area (Å²) in [7, 11) is -3.32. The Bertz CT molecular complexity index is 677. The molecule has 6 nitrogen and oxygen atoms in total. The molecule has 0 saturated carbocycles. The fourth-order valence-electron chi connectivity index (χ4n) is 2.38. The molecule has 1 aromatic rings. The molecular weight excluding hydrogens is 302 g/mol. The van der Waals surface area contributed by atoms with Crippen LogP contribution in [0.15, 0.2) is 24.3 Å². The van der Waals surface area contributed by atoms with E-state index in [9.17, 15) is 13.2 Å². The highest BCUT2D eigenvalue weighted by Crippen LogP contribution is 2.19. The van der Waals surface area contributed by atoms with Crippen molar-refractivity contribution in [2.45, 2.75) is 19.8 Å². The van der Waals surface area contributed by atoms with Crippen LogP contribution in [0.1, 0.15) is 30.1 Å². The van der Waals surface area contributed by atoms with Crippen molar-refractivity contribution in [1.82, 2.24) is 4.90 Å². The third-order valence-electron chi connectivity index (χ3n) is 3.68. The third kappa shape index (κ3) is 3.98. The first-order valence-corrected chi connectivity index (χ1v) is 8.90. The van der Waals surface area contributed by atoms with Gasteiger partial charge in [-0.15, -0.1) is 0 Å². The molecule has 0 unspecified atom stereocenters. The Hall–Kier alpha value is -2.07. The zero-order valence-corrected chi connectivity index (χ0v) is 13.3. The van der Waals surface area contributed by atoms with Gasteiger partial charge in [0.15, 0.2) is 0 Å². The van der Waals surface area contributed by atoms with Crippen molar-refractivity contribution in [1.29, 1.82) is 5.26 Å². The van der Waals surface area contributed by atoms with Gasteiger partial charge in [0.2, 0.25) is 10.0 Å². The number of likely N-dealkylation sites (tertiary alicyclic amines) is 1. The molecule has 0 aliphatic carbocycles. The molecule has 1 atom stereocenters. The van der Waals surface area contributed by atoms with Gasteiger partial charge in [-0.25, -0.2) is 8.42 Å². The van der Waals surface area contributed by atoms with Crippen LogP contribution in [0.3, 0.4) is 0 Å². The van der Waals surface area contributed by atoms with E-state index in [1.807, 2.05) is 0 Å². The van der Waals surface area contributed by atoms with E-state index in [1.54, 1.807) is 36.1 Å². The lowest BCUT2D eigenvalue weighted by Crippen LogP contribution is -2.39. The summed E-state index contributed by atoms with van der Waals surface area (Å²) in [5.41, 5.74) is 0.935. The lowest BCUT2D eigenvalue weighted by Gasteiger charge is -2.29. The molecule has 2 rings (SSSR count). The number of benzene rings is 1. The van der Waals surface area contributed by atoms with Crippen molar-refractivity contribution in [3.63, 3.8) is 0 Å². The molecule has 118 valence electrons. The summed E-state index contributed by atoms with van der Waals surface area (Å²) >= 11 is 0. The Morgan fingerprint density at radius 1 is 1.41 bits per heavy atom. The molecule has 1 N–H and O–H groups in total. The maximum absolute atomic E-state index is 12.4. The Kier molecular flexibility index (Phi) is 5.03. The lowest BCUT2D eigenvalue weighted by atomic mass is 9.99. The standard InChI is InChI=1S/C15H19N3O3S/c1-2-22(20,21)17-14-7-5-13(6-8-14)15(19)18-9-3-4-12(10-16)11-18/h5-8,12,17H,2-4,9,11H2,1H3/t12-/m1/s1. The van der Waals surface area contributed by atoms with Gasteiger partial charge in [0.1, 0.15) is 0 Å². The van der Waals surface area contributed by atoms with E-state index in [2.05, 4.69) is 10.8 Å². The van der Waals surface area contributed by atoms with E-state index < -0.39 is 10.0 Å². The Morgan fingerprint density at radius 2 is 2.09 bits per heavy atom. The van der Waals surface area contributed by atoms with E-state index in [-0.39, 0.29) is 17.6 Å². The van der Waals surface area contributed by atoms with Crippen molar-refractivity contribution in [3.05, 3.63) is 29.8 Å². The van der Waals surface area contributed by atoms with Crippen LogP contribution < -0.4 is 4.72 Å². The van der Waals surface area contributed by atoms with Gasteiger partial charge in [0, 0.05) is 24.3 Å². The molecule has 0 radical (unpaired) electrons. The normalized spacial score (nSPS) is 18.5. The van der Waals surface area contributed by atoms with Crippen molar-refractivity contribution in [3.8, 4) is 6.07 Å². The fraction of sp³-hybridized carbons (Fsp3) is 0.467. The first-order valence-electron chi connectivity index (χ1n) is 7.24. The zero-order valence-electron chi connectivity index (χ0n) is 12.4. The van der Waals surface area contributed by atoms with Crippen LogP contribution in [0.4, 0.5) is 5.69 Å². The second-order valence-electron chi connectivity index (χ2n) is 5.30. The van der Waals surface area contributed by atoms with Gasteiger partial charge in [-0.1, -0.05) is 0 Å². The molecule has 7 heteroatoms. The molecule has 1 amide bonds. The molecule has 22 heavy (non-hydrogen) atoms. The summed E-state index contributed by atoms with van der Waals surface area (Å²) in [5.74, 6) is -0.227. The number of amides is 1. The number of nitrogens with one attached hydrogen (secondary N) is 1. The Labute approximate surface area is 130 Å². The van der Waals surface area contributed by atoms with Crippen LogP contribution >= 0.6 is 0 Å². The van der Waals surface area contributed by atoms with Crippen LogP contribution in [0.5, 0.6) is 0 Å². The summed E-state index contributed by atoms with van der Waals surface area (Å²) in [6.07, 6.45) is 1.66. The van der Waals surface area contributed by atoms with Crippen molar-refractivity contribution in [2.75, 3.05) is 23.6 Å². The SMILES string of the molecule is CCS(=O)(=O)Nc1ccc(C(=O)N2CCC[C@H](C#N)C2)cc1. The van der Waals surface area contributed by atoms with E-state index in [0.29, 0.717) is 24.3 Å². The summed E-state index contributed by atoms with van der Waals surface area (Å²) in [6.45, 7) is 2.67. The summed E-state index contributed by atoms with van der Waals surface area (Å²) in [6, 6.07) is 8.57. The highest BCUT2D eigenvalue weighted by molar-refractivity contribution is 7.92. The smallest absolute Gasteiger partial charge is 0.253 e. The van der Waals surface area contributed by atoms with Crippen LogP contribution in [0.2, 0.25) is 0 Å². The highest BCUT2D eigenvalue weighted by atomic mass is 32.2. The van der Waals surface area contributed by atoms with Gasteiger partial charge >= 0.3 is 0 Å². The number of anilines is 1. The molecule has 1 aliphatic rings. The number of piperidine rings is 1. The van der Waals surface area contributed by atoms with Gasteiger partial charge in [-0.2, -0.15) is 5.26 Å². The molecule has 1 heterocycles. The number of carbonyl (C=O) groups is 1. The summed E-state index contributed by atoms with van der Waals surface area (Å²) < 4.78 is 25.4. The second kappa shape index (κ2) is 6.79. The number of nitrogens with zero attached hydrogens (tertiary/aromatic N) is 2. The minimum atomic E-state index is -3.32. The Balaban J connectivity index is 2.07. The molecule has 1 aromatic carbocycles. The van der Waals surface area contributed by atoms with Gasteiger partial charge < -0.3 is 4.90 Å². The number of rotatable bonds is 4. The number of hydrogen-bond donors (Lipinski definition) is 1.